The molecule has 1 aliphatic carbocycles. The largest absolute Gasteiger partial charge is 0.478 e. The second-order valence-electron chi connectivity index (χ2n) is 4.97. The molecule has 0 unspecified atom stereocenters. The van der Waals surface area contributed by atoms with Gasteiger partial charge >= 0.3 is 5.97 Å². The van der Waals surface area contributed by atoms with Crippen molar-refractivity contribution in [3.63, 3.8) is 0 Å². The normalized spacial score (nSPS) is 14.6. The number of rotatable bonds is 3. The van der Waals surface area contributed by atoms with E-state index < -0.39 is 5.97 Å². The predicted octanol–water partition coefficient (Wildman–Crippen LogP) is 2.93. The van der Waals surface area contributed by atoms with Gasteiger partial charge in [-0.1, -0.05) is 12.1 Å². The Balaban J connectivity index is 2.16. The number of hydrogen-bond donors (Lipinski definition) is 1. The van der Waals surface area contributed by atoms with Crippen LogP contribution in [0, 0.1) is 13.8 Å². The summed E-state index contributed by atoms with van der Waals surface area (Å²) in [4.78, 5) is 11.4. The number of aryl methyl sites for hydroxylation is 2. The molecule has 1 N–H and O–H groups in total. The molecular formula is C14H14N2O3. The highest BCUT2D eigenvalue weighted by atomic mass is 16.4. The van der Waals surface area contributed by atoms with Gasteiger partial charge in [-0.25, -0.2) is 4.79 Å². The topological polar surface area (TPSA) is 76.2 Å². The van der Waals surface area contributed by atoms with Crippen LogP contribution in [0.15, 0.2) is 16.5 Å². The molecule has 19 heavy (non-hydrogen) atoms. The first-order valence-electron chi connectivity index (χ1n) is 6.25. The number of carboxylic acids is 1. The quantitative estimate of drug-likeness (QED) is 0.915. The Morgan fingerprint density at radius 2 is 1.95 bits per heavy atom. The van der Waals surface area contributed by atoms with Gasteiger partial charge in [0.1, 0.15) is 0 Å². The van der Waals surface area contributed by atoms with E-state index in [1.807, 2.05) is 13.0 Å². The maximum Gasteiger partial charge on any atom is 0.336 e. The van der Waals surface area contributed by atoms with E-state index in [4.69, 9.17) is 4.42 Å². The fourth-order valence-corrected chi connectivity index (χ4v) is 2.19. The van der Waals surface area contributed by atoms with E-state index in [1.165, 1.54) is 0 Å². The Bertz CT molecular complexity index is 657. The molecule has 98 valence electrons. The van der Waals surface area contributed by atoms with Crippen LogP contribution < -0.4 is 0 Å². The van der Waals surface area contributed by atoms with Gasteiger partial charge in [0, 0.05) is 5.92 Å². The van der Waals surface area contributed by atoms with Gasteiger partial charge in [0.15, 0.2) is 0 Å². The van der Waals surface area contributed by atoms with Crippen molar-refractivity contribution in [2.24, 2.45) is 0 Å². The van der Waals surface area contributed by atoms with Crippen molar-refractivity contribution in [1.82, 2.24) is 10.2 Å². The van der Waals surface area contributed by atoms with E-state index in [-0.39, 0.29) is 5.56 Å². The van der Waals surface area contributed by atoms with Gasteiger partial charge < -0.3 is 9.52 Å². The second kappa shape index (κ2) is 4.19. The molecule has 1 aromatic carbocycles. The Hall–Kier alpha value is -2.17. The highest BCUT2D eigenvalue weighted by Gasteiger charge is 2.30. The van der Waals surface area contributed by atoms with Crippen molar-refractivity contribution < 1.29 is 14.3 Å². The first kappa shape index (κ1) is 11.9. The van der Waals surface area contributed by atoms with Crippen molar-refractivity contribution in [1.29, 1.82) is 0 Å². The van der Waals surface area contributed by atoms with Crippen molar-refractivity contribution in [2.75, 3.05) is 0 Å². The van der Waals surface area contributed by atoms with E-state index in [0.29, 0.717) is 28.8 Å². The molecule has 0 aliphatic heterocycles. The molecule has 0 bridgehead atoms. The third-order valence-corrected chi connectivity index (χ3v) is 3.42. The van der Waals surface area contributed by atoms with Gasteiger partial charge in [-0.05, 0) is 37.8 Å². The number of benzene rings is 1. The number of carbonyl (C=O) groups is 1. The molecule has 0 saturated heterocycles. The minimum atomic E-state index is -0.970. The molecule has 1 fully saturated rings. The molecule has 1 aliphatic rings. The maximum atomic E-state index is 11.4. The van der Waals surface area contributed by atoms with Crippen molar-refractivity contribution in [3.05, 3.63) is 34.7 Å². The van der Waals surface area contributed by atoms with Crippen LogP contribution in [-0.2, 0) is 0 Å². The molecule has 1 saturated carbocycles. The summed E-state index contributed by atoms with van der Waals surface area (Å²) in [7, 11) is 0. The summed E-state index contributed by atoms with van der Waals surface area (Å²) in [6.45, 7) is 3.62. The third kappa shape index (κ3) is 2.01. The molecule has 1 heterocycles. The number of aromatic carboxylic acids is 1. The van der Waals surface area contributed by atoms with Crippen molar-refractivity contribution >= 4 is 5.97 Å². The molecule has 0 atom stereocenters. The smallest absolute Gasteiger partial charge is 0.336 e. The van der Waals surface area contributed by atoms with E-state index >= 15 is 0 Å². The fourth-order valence-electron chi connectivity index (χ4n) is 2.19. The van der Waals surface area contributed by atoms with Crippen molar-refractivity contribution in [2.45, 2.75) is 32.6 Å². The average molecular weight is 258 g/mol. The molecule has 2 aromatic rings. The van der Waals surface area contributed by atoms with Crippen LogP contribution in [0.5, 0.6) is 0 Å². The maximum absolute atomic E-state index is 11.4. The van der Waals surface area contributed by atoms with Gasteiger partial charge in [0.25, 0.3) is 0 Å². The van der Waals surface area contributed by atoms with Crippen LogP contribution in [0.4, 0.5) is 0 Å². The summed E-state index contributed by atoms with van der Waals surface area (Å²) in [6.07, 6.45) is 2.14. The minimum Gasteiger partial charge on any atom is -0.478 e. The summed E-state index contributed by atoms with van der Waals surface area (Å²) in [5.41, 5.74) is 2.30. The lowest BCUT2D eigenvalue weighted by molar-refractivity contribution is 0.0696. The van der Waals surface area contributed by atoms with E-state index in [1.54, 1.807) is 13.0 Å². The lowest BCUT2D eigenvalue weighted by Crippen LogP contribution is -2.04. The summed E-state index contributed by atoms with van der Waals surface area (Å²) < 4.78 is 5.63. The zero-order chi connectivity index (χ0) is 13.6. The first-order chi connectivity index (χ1) is 9.08. The van der Waals surface area contributed by atoms with Gasteiger partial charge in [-0.15, -0.1) is 10.2 Å². The van der Waals surface area contributed by atoms with Crippen molar-refractivity contribution in [3.8, 4) is 11.5 Å². The van der Waals surface area contributed by atoms with Crippen LogP contribution in [0.2, 0.25) is 0 Å². The Labute approximate surface area is 110 Å². The molecule has 1 aromatic heterocycles. The monoisotopic (exact) mass is 258 g/mol. The number of aromatic nitrogens is 2. The lowest BCUT2D eigenvalue weighted by atomic mass is 9.97. The average Bonchev–Trinajstić information content (AvgIpc) is 3.10. The van der Waals surface area contributed by atoms with Crippen LogP contribution in [0.25, 0.3) is 11.5 Å². The number of hydrogen-bond acceptors (Lipinski definition) is 4. The SMILES string of the molecule is Cc1ccc(C)c(-c2nnc(C3CC3)o2)c1C(=O)O. The van der Waals surface area contributed by atoms with Crippen LogP contribution in [0.1, 0.15) is 46.1 Å². The van der Waals surface area contributed by atoms with Gasteiger partial charge in [0.05, 0.1) is 11.1 Å². The van der Waals surface area contributed by atoms with Gasteiger partial charge in [-0.2, -0.15) is 0 Å². The van der Waals surface area contributed by atoms with Crippen LogP contribution in [-0.4, -0.2) is 21.3 Å². The van der Waals surface area contributed by atoms with Crippen LogP contribution >= 0.6 is 0 Å². The summed E-state index contributed by atoms with van der Waals surface area (Å²) in [6, 6.07) is 3.67. The standard InChI is InChI=1S/C14H14N2O3/c1-7-3-4-8(2)11(14(17)18)10(7)13-16-15-12(19-13)9-5-6-9/h3-4,9H,5-6H2,1-2H3,(H,17,18). The summed E-state index contributed by atoms with van der Waals surface area (Å²) >= 11 is 0. The fraction of sp³-hybridized carbons (Fsp3) is 0.357. The number of carboxylic acid groups (broad SMARTS) is 1. The molecule has 0 spiro atoms. The Kier molecular flexibility index (Phi) is 2.62. The summed E-state index contributed by atoms with van der Waals surface area (Å²) in [5.74, 6) is 0.315. The molecule has 3 rings (SSSR count). The highest BCUT2D eigenvalue weighted by molar-refractivity contribution is 5.97. The number of nitrogens with zero attached hydrogens (tertiary/aromatic N) is 2. The van der Waals surface area contributed by atoms with E-state index in [2.05, 4.69) is 10.2 Å². The minimum absolute atomic E-state index is 0.242. The molecule has 0 amide bonds. The second-order valence-corrected chi connectivity index (χ2v) is 4.97. The predicted molar refractivity (Wildman–Crippen MR) is 68.1 cm³/mol. The molecule has 0 radical (unpaired) electrons. The third-order valence-electron chi connectivity index (χ3n) is 3.42. The molecule has 5 nitrogen and oxygen atoms in total. The van der Waals surface area contributed by atoms with E-state index in [0.717, 1.165) is 18.4 Å². The van der Waals surface area contributed by atoms with Gasteiger partial charge in [0.2, 0.25) is 11.8 Å². The Morgan fingerprint density at radius 3 is 2.58 bits per heavy atom. The van der Waals surface area contributed by atoms with Gasteiger partial charge in [-0.3, -0.25) is 0 Å². The highest BCUT2D eigenvalue weighted by Crippen LogP contribution is 2.40. The lowest BCUT2D eigenvalue weighted by Gasteiger charge is -2.08. The zero-order valence-electron chi connectivity index (χ0n) is 10.8. The first-order valence-corrected chi connectivity index (χ1v) is 6.25. The van der Waals surface area contributed by atoms with E-state index in [9.17, 15) is 9.90 Å². The molecule has 5 heteroatoms. The zero-order valence-corrected chi connectivity index (χ0v) is 10.8. The Morgan fingerprint density at radius 1 is 1.26 bits per heavy atom. The van der Waals surface area contributed by atoms with Crippen LogP contribution in [0.3, 0.4) is 0 Å². The molecular weight excluding hydrogens is 244 g/mol. The summed E-state index contributed by atoms with van der Waals surface area (Å²) in [5, 5.41) is 17.4.